The maximum absolute atomic E-state index is 8.87. The van der Waals surface area contributed by atoms with Crippen LogP contribution in [0.15, 0.2) is 0 Å². The van der Waals surface area contributed by atoms with Gasteiger partial charge < -0.3 is 21.9 Å². The molecule has 0 aromatic rings. The fraction of sp³-hybridized carbons (Fsp3) is 0. The van der Waals surface area contributed by atoms with Gasteiger partial charge in [-0.2, -0.15) is 0 Å². The third-order valence-electron chi connectivity index (χ3n) is 0. The zero-order chi connectivity index (χ0) is 4.50. The van der Waals surface area contributed by atoms with Crippen LogP contribution in [0.3, 0.4) is 0 Å². The van der Waals surface area contributed by atoms with Crippen molar-refractivity contribution in [3.63, 3.8) is 0 Å². The van der Waals surface area contributed by atoms with Gasteiger partial charge in [-0.25, -0.2) is 0 Å². The van der Waals surface area contributed by atoms with Crippen molar-refractivity contribution in [2.75, 3.05) is 0 Å². The number of hydrogen-bond acceptors (Lipinski definition) is 2. The van der Waals surface area contributed by atoms with E-state index < -0.39 is 16.7 Å². The van der Waals surface area contributed by atoms with Crippen LogP contribution in [-0.4, -0.2) is 29.4 Å². The molecule has 0 saturated carbocycles. The second-order valence-corrected chi connectivity index (χ2v) is 3.67. The molecule has 0 aliphatic rings. The van der Waals surface area contributed by atoms with Gasteiger partial charge in [0.2, 0.25) is 0 Å². The Morgan fingerprint density at radius 2 is 0.778 bits per heavy atom. The van der Waals surface area contributed by atoms with Crippen molar-refractivity contribution in [3.8, 4) is 0 Å². The van der Waals surface area contributed by atoms with Gasteiger partial charge in [-0.05, 0) is 0 Å². The quantitative estimate of drug-likeness (QED) is 0.451. The average Bonchev–Trinajstić information content (AvgIpc) is 0.722. The van der Waals surface area contributed by atoms with Crippen LogP contribution in [0.5, 0.6) is 0 Å². The molecule has 0 amide bonds. The van der Waals surface area contributed by atoms with Crippen molar-refractivity contribution in [1.82, 2.24) is 0 Å². The van der Waals surface area contributed by atoms with E-state index in [0.717, 1.165) is 0 Å². The van der Waals surface area contributed by atoms with Crippen LogP contribution in [0.1, 0.15) is 0 Å². The zero-order valence-corrected chi connectivity index (χ0v) is 7.05. The van der Waals surface area contributed by atoms with Gasteiger partial charge in [-0.15, -0.1) is 0 Å². The molecule has 0 aliphatic carbocycles. The van der Waals surface area contributed by atoms with Crippen molar-refractivity contribution in [1.29, 1.82) is 0 Å². The zero-order valence-electron chi connectivity index (χ0n) is 4.12. The Balaban J connectivity index is -0.0000000133. The molecule has 0 saturated heterocycles. The second-order valence-electron chi connectivity index (χ2n) is 0.448. The molecule has 0 aliphatic heterocycles. The van der Waals surface area contributed by atoms with Crippen LogP contribution in [0.25, 0.3) is 0 Å². The number of hydrogen-bond donors (Lipinski definition) is 2. The third kappa shape index (κ3) is 126000. The van der Waals surface area contributed by atoms with Gasteiger partial charge in [0.15, 0.2) is 0 Å². The maximum atomic E-state index is 8.87. The number of rotatable bonds is 0. The molecule has 0 unspecified atom stereocenters. The van der Waals surface area contributed by atoms with Crippen molar-refractivity contribution in [2.45, 2.75) is 0 Å². The Kier molecular flexibility index (Phi) is 43.4. The molecule has 0 aromatic carbocycles. The van der Waals surface area contributed by atoms with Crippen molar-refractivity contribution >= 4 is 0 Å². The van der Waals surface area contributed by atoms with E-state index in [2.05, 4.69) is 0 Å². The van der Waals surface area contributed by atoms with Crippen molar-refractivity contribution in [3.05, 3.63) is 0 Å². The monoisotopic (exact) mass is 322 g/mol. The summed E-state index contributed by atoms with van der Waals surface area (Å²) < 4.78 is 32.1. The molecular formula is H10O8W. The molecule has 9 heteroatoms. The molecule has 9 heavy (non-hydrogen) atoms. The molecule has 0 aromatic heterocycles. The summed E-state index contributed by atoms with van der Waals surface area (Å²) >= 11 is -5.67. The van der Waals surface area contributed by atoms with E-state index in [1.54, 1.807) is 0 Å². The van der Waals surface area contributed by atoms with Crippen LogP contribution >= 0.6 is 0 Å². The minimum absolute atomic E-state index is 0. The normalized spacial score (nSPS) is 6.44. The van der Waals surface area contributed by atoms with E-state index in [-0.39, 0.29) is 21.9 Å². The summed E-state index contributed by atoms with van der Waals surface area (Å²) in [6.45, 7) is 0. The summed E-state index contributed by atoms with van der Waals surface area (Å²) in [6, 6.07) is 0. The van der Waals surface area contributed by atoms with Gasteiger partial charge in [0.1, 0.15) is 0 Å². The SMILES string of the molecule is O.O.O.O.[O]=[W](=[O])([OH])[OH]. The molecular weight excluding hydrogens is 312 g/mol. The Bertz CT molecular complexity index is 87.7. The fourth-order valence-corrected chi connectivity index (χ4v) is 0. The third-order valence-corrected chi connectivity index (χ3v) is 0. The summed E-state index contributed by atoms with van der Waals surface area (Å²) in [5.41, 5.74) is 0. The van der Waals surface area contributed by atoms with Crippen molar-refractivity contribution in [2.24, 2.45) is 0 Å². The molecule has 0 fully saturated rings. The predicted molar refractivity (Wildman–Crippen MR) is 20.3 cm³/mol. The Labute approximate surface area is 53.7 Å². The summed E-state index contributed by atoms with van der Waals surface area (Å²) in [6.07, 6.45) is 0. The Hall–Kier alpha value is 0.0483. The van der Waals surface area contributed by atoms with Crippen molar-refractivity contribution < 1.29 is 53.0 Å². The summed E-state index contributed by atoms with van der Waals surface area (Å²) in [5.74, 6) is 0. The molecule has 0 atom stereocenters. The molecule has 0 bridgehead atoms. The van der Waals surface area contributed by atoms with Gasteiger partial charge in [0.25, 0.3) is 0 Å². The van der Waals surface area contributed by atoms with Gasteiger partial charge in [0.05, 0.1) is 0 Å². The average molecular weight is 322 g/mol. The molecule has 64 valence electrons. The van der Waals surface area contributed by atoms with Crippen LogP contribution in [0.4, 0.5) is 0 Å². The summed E-state index contributed by atoms with van der Waals surface area (Å²) in [4.78, 5) is 0. The van der Waals surface area contributed by atoms with E-state index in [9.17, 15) is 0 Å². The minimum atomic E-state index is -5.67. The molecule has 0 heterocycles. The Morgan fingerprint density at radius 1 is 0.778 bits per heavy atom. The first-order valence-electron chi connectivity index (χ1n) is 0.698. The van der Waals surface area contributed by atoms with E-state index >= 15 is 0 Å². The van der Waals surface area contributed by atoms with Crippen LogP contribution in [0.2, 0.25) is 0 Å². The first kappa shape index (κ1) is 35.8. The van der Waals surface area contributed by atoms with E-state index in [0.29, 0.717) is 0 Å². The first-order chi connectivity index (χ1) is 2.00. The molecule has 0 rings (SSSR count). The fourth-order valence-electron chi connectivity index (χ4n) is 0. The van der Waals surface area contributed by atoms with E-state index in [4.69, 9.17) is 14.3 Å². The van der Waals surface area contributed by atoms with Crippen LogP contribution < -0.4 is 0 Å². The summed E-state index contributed by atoms with van der Waals surface area (Å²) in [5, 5.41) is 0. The Morgan fingerprint density at radius 3 is 0.778 bits per heavy atom. The molecule has 8 nitrogen and oxygen atoms in total. The molecule has 0 radical (unpaired) electrons. The van der Waals surface area contributed by atoms with E-state index in [1.165, 1.54) is 0 Å². The standard InChI is InChI=1S/6H2O.2O.W/h6*1H2;;;/q;;;;;;;;+2/p-2. The molecule has 10 N–H and O–H groups in total. The second kappa shape index (κ2) is 10.9. The summed E-state index contributed by atoms with van der Waals surface area (Å²) in [7, 11) is 0. The first-order valence-corrected chi connectivity index (χ1v) is 5.72. The van der Waals surface area contributed by atoms with Gasteiger partial charge in [-0.1, -0.05) is 0 Å². The van der Waals surface area contributed by atoms with Gasteiger partial charge in [-0.3, -0.25) is 0 Å². The van der Waals surface area contributed by atoms with Gasteiger partial charge in [0, 0.05) is 0 Å². The van der Waals surface area contributed by atoms with E-state index in [1.807, 2.05) is 0 Å². The predicted octanol–water partition coefficient (Wildman–Crippen LogP) is -4.65. The molecule has 0 spiro atoms. The topological polar surface area (TPSA) is 201 Å². The van der Waals surface area contributed by atoms with Crippen LogP contribution in [-0.2, 0) is 23.5 Å². The van der Waals surface area contributed by atoms with Gasteiger partial charge >= 0.3 is 31.1 Å². The van der Waals surface area contributed by atoms with Crippen LogP contribution in [0, 0.1) is 0 Å².